The number of benzene rings is 3. The zero-order valence-corrected chi connectivity index (χ0v) is 21.0. The highest BCUT2D eigenvalue weighted by Gasteiger charge is 2.17. The molecular weight excluding hydrogens is 541 g/mol. The molecule has 6 nitrogen and oxygen atoms in total. The number of aryl methyl sites for hydroxylation is 1. The predicted octanol–water partition coefficient (Wildman–Crippen LogP) is 6.04. The van der Waals surface area contributed by atoms with Crippen molar-refractivity contribution < 1.29 is 9.18 Å². The number of amides is 1. The molecule has 0 saturated carbocycles. The first-order chi connectivity index (χ1) is 16.4. The second-order valence-electron chi connectivity index (χ2n) is 7.23. The Hall–Kier alpha value is -3.01. The molecule has 0 fully saturated rings. The summed E-state index contributed by atoms with van der Waals surface area (Å²) in [7, 11) is 0. The highest BCUT2D eigenvalue weighted by atomic mass is 79.9. The lowest BCUT2D eigenvalue weighted by Crippen LogP contribution is -2.20. The van der Waals surface area contributed by atoms with Crippen molar-refractivity contribution in [2.24, 2.45) is 5.10 Å². The quantitative estimate of drug-likeness (QED) is 0.171. The Kier molecular flexibility index (Phi) is 7.77. The van der Waals surface area contributed by atoms with E-state index in [1.54, 1.807) is 24.3 Å². The predicted molar refractivity (Wildman–Crippen MR) is 137 cm³/mol. The molecule has 4 rings (SSSR count). The molecule has 1 heterocycles. The lowest BCUT2D eigenvalue weighted by atomic mass is 10.2. The number of hydrazone groups is 1. The number of aromatic nitrogens is 3. The minimum absolute atomic E-state index is 0.0446. The summed E-state index contributed by atoms with van der Waals surface area (Å²) in [5.74, 6) is -0.116. The Bertz CT molecular complexity index is 1340. The van der Waals surface area contributed by atoms with E-state index in [4.69, 9.17) is 11.6 Å². The van der Waals surface area contributed by atoms with Crippen molar-refractivity contribution in [2.45, 2.75) is 12.1 Å². The van der Waals surface area contributed by atoms with Gasteiger partial charge in [0.15, 0.2) is 11.0 Å². The molecule has 34 heavy (non-hydrogen) atoms. The maximum Gasteiger partial charge on any atom is 0.250 e. The second-order valence-corrected chi connectivity index (χ2v) is 9.53. The standard InChI is InChI=1S/C24H18BrClFN5OS/c1-15-2-9-20(10-3-15)32-23(16-4-7-19(26)8-5-16)30-31-24(32)34-14-22(33)29-28-13-17-12-18(25)6-11-21(17)27/h2-13H,14H2,1H3,(H,29,33)/b28-13+. The van der Waals surface area contributed by atoms with E-state index in [0.717, 1.165) is 16.8 Å². The molecule has 3 aromatic carbocycles. The Morgan fingerprint density at radius 2 is 1.88 bits per heavy atom. The topological polar surface area (TPSA) is 72.2 Å². The van der Waals surface area contributed by atoms with Crippen LogP contribution in [0, 0.1) is 12.7 Å². The van der Waals surface area contributed by atoms with Gasteiger partial charge in [0.25, 0.3) is 5.91 Å². The van der Waals surface area contributed by atoms with Crippen LogP contribution in [0.4, 0.5) is 4.39 Å². The number of nitrogens with zero attached hydrogens (tertiary/aromatic N) is 4. The van der Waals surface area contributed by atoms with Gasteiger partial charge < -0.3 is 0 Å². The van der Waals surface area contributed by atoms with E-state index in [9.17, 15) is 9.18 Å². The van der Waals surface area contributed by atoms with Crippen molar-refractivity contribution in [3.05, 3.63) is 93.2 Å². The van der Waals surface area contributed by atoms with Gasteiger partial charge in [-0.25, -0.2) is 9.82 Å². The summed E-state index contributed by atoms with van der Waals surface area (Å²) in [6.45, 7) is 2.01. The van der Waals surface area contributed by atoms with Crippen LogP contribution >= 0.6 is 39.3 Å². The second kappa shape index (κ2) is 10.9. The van der Waals surface area contributed by atoms with E-state index in [1.165, 1.54) is 24.0 Å². The fourth-order valence-electron chi connectivity index (χ4n) is 3.03. The van der Waals surface area contributed by atoms with Crippen LogP contribution in [0.25, 0.3) is 17.1 Å². The molecule has 0 unspecified atom stereocenters. The van der Waals surface area contributed by atoms with Gasteiger partial charge in [0.05, 0.1) is 12.0 Å². The molecule has 0 spiro atoms. The van der Waals surface area contributed by atoms with Gasteiger partial charge in [-0.1, -0.05) is 57.0 Å². The lowest BCUT2D eigenvalue weighted by Gasteiger charge is -2.10. The molecule has 0 bridgehead atoms. The van der Waals surface area contributed by atoms with Crippen molar-refractivity contribution in [1.82, 2.24) is 20.2 Å². The smallest absolute Gasteiger partial charge is 0.250 e. The molecule has 10 heteroatoms. The van der Waals surface area contributed by atoms with Crippen LogP contribution in [-0.2, 0) is 4.79 Å². The van der Waals surface area contributed by atoms with Crippen molar-refractivity contribution in [2.75, 3.05) is 5.75 Å². The SMILES string of the molecule is Cc1ccc(-n2c(SCC(=O)N/N=C/c3cc(Br)ccc3F)nnc2-c2ccc(Cl)cc2)cc1. The number of carbonyl (C=O) groups is 1. The number of hydrogen-bond acceptors (Lipinski definition) is 5. The number of nitrogens with one attached hydrogen (secondary N) is 1. The third-order valence-electron chi connectivity index (χ3n) is 4.71. The van der Waals surface area contributed by atoms with Crippen LogP contribution in [0.15, 0.2) is 81.5 Å². The van der Waals surface area contributed by atoms with Gasteiger partial charge in [0.1, 0.15) is 5.82 Å². The maximum absolute atomic E-state index is 13.8. The maximum atomic E-state index is 13.8. The van der Waals surface area contributed by atoms with E-state index in [0.29, 0.717) is 20.5 Å². The van der Waals surface area contributed by atoms with Crippen LogP contribution in [0.1, 0.15) is 11.1 Å². The van der Waals surface area contributed by atoms with Crippen LogP contribution < -0.4 is 5.43 Å². The fourth-order valence-corrected chi connectivity index (χ4v) is 4.27. The number of rotatable bonds is 7. The van der Waals surface area contributed by atoms with E-state index >= 15 is 0 Å². The van der Waals surface area contributed by atoms with E-state index in [2.05, 4.69) is 36.7 Å². The Morgan fingerprint density at radius 3 is 2.62 bits per heavy atom. The van der Waals surface area contributed by atoms with Crippen LogP contribution in [0.2, 0.25) is 5.02 Å². The normalized spacial score (nSPS) is 11.2. The van der Waals surface area contributed by atoms with Gasteiger partial charge >= 0.3 is 0 Å². The first-order valence-electron chi connectivity index (χ1n) is 10.1. The molecule has 1 amide bonds. The molecular formula is C24H18BrClFN5OS. The minimum atomic E-state index is -0.434. The molecule has 0 atom stereocenters. The van der Waals surface area contributed by atoms with Gasteiger partial charge in [-0.15, -0.1) is 10.2 Å². The molecule has 1 N–H and O–H groups in total. The zero-order valence-electron chi connectivity index (χ0n) is 17.9. The van der Waals surface area contributed by atoms with Crippen molar-refractivity contribution in [1.29, 1.82) is 0 Å². The minimum Gasteiger partial charge on any atom is -0.272 e. The van der Waals surface area contributed by atoms with E-state index < -0.39 is 5.82 Å². The third-order valence-corrected chi connectivity index (χ3v) is 6.39. The van der Waals surface area contributed by atoms with Gasteiger partial charge in [-0.2, -0.15) is 5.10 Å². The first-order valence-corrected chi connectivity index (χ1v) is 12.2. The third kappa shape index (κ3) is 5.91. The van der Waals surface area contributed by atoms with Crippen molar-refractivity contribution in [3.63, 3.8) is 0 Å². The van der Waals surface area contributed by atoms with Gasteiger partial charge in [-0.3, -0.25) is 9.36 Å². The molecule has 4 aromatic rings. The monoisotopic (exact) mass is 557 g/mol. The van der Waals surface area contributed by atoms with Crippen molar-refractivity contribution >= 4 is 51.4 Å². The molecule has 1 aromatic heterocycles. The van der Waals surface area contributed by atoms with Crippen molar-refractivity contribution in [3.8, 4) is 17.1 Å². The van der Waals surface area contributed by atoms with Crippen LogP contribution in [-0.4, -0.2) is 32.6 Å². The summed E-state index contributed by atoms with van der Waals surface area (Å²) in [6.07, 6.45) is 1.26. The fraction of sp³-hybridized carbons (Fsp3) is 0.0833. The summed E-state index contributed by atoms with van der Waals surface area (Å²) in [4.78, 5) is 12.3. The van der Waals surface area contributed by atoms with E-state index in [-0.39, 0.29) is 17.2 Å². The molecule has 0 aliphatic heterocycles. The molecule has 0 saturated heterocycles. The summed E-state index contributed by atoms with van der Waals surface area (Å²) in [5, 5.41) is 13.7. The Morgan fingerprint density at radius 1 is 1.15 bits per heavy atom. The largest absolute Gasteiger partial charge is 0.272 e. The number of hydrogen-bond donors (Lipinski definition) is 1. The van der Waals surface area contributed by atoms with Gasteiger partial charge in [-0.05, 0) is 61.5 Å². The number of thioether (sulfide) groups is 1. The van der Waals surface area contributed by atoms with Crippen LogP contribution in [0.3, 0.4) is 0 Å². The average Bonchev–Trinajstić information content (AvgIpc) is 3.25. The molecule has 0 aliphatic rings. The molecule has 172 valence electrons. The Labute approximate surface area is 213 Å². The molecule has 0 radical (unpaired) electrons. The highest BCUT2D eigenvalue weighted by Crippen LogP contribution is 2.28. The van der Waals surface area contributed by atoms with Crippen LogP contribution in [0.5, 0.6) is 0 Å². The Balaban J connectivity index is 1.51. The van der Waals surface area contributed by atoms with E-state index in [1.807, 2.05) is 47.9 Å². The zero-order chi connectivity index (χ0) is 24.1. The summed E-state index contributed by atoms with van der Waals surface area (Å²) >= 11 is 10.5. The molecule has 0 aliphatic carbocycles. The number of halogens is 3. The van der Waals surface area contributed by atoms with Gasteiger partial charge in [0.2, 0.25) is 0 Å². The summed E-state index contributed by atoms with van der Waals surface area (Å²) in [6, 6.07) is 19.7. The lowest BCUT2D eigenvalue weighted by molar-refractivity contribution is -0.118. The summed E-state index contributed by atoms with van der Waals surface area (Å²) in [5.41, 5.74) is 5.51. The van der Waals surface area contributed by atoms with Gasteiger partial charge in [0, 0.05) is 26.3 Å². The summed E-state index contributed by atoms with van der Waals surface area (Å²) < 4.78 is 16.4. The average molecular weight is 559 g/mol. The highest BCUT2D eigenvalue weighted by molar-refractivity contribution is 9.10. The first kappa shape index (κ1) is 24.1. The number of carbonyl (C=O) groups excluding carboxylic acids is 1.